The molecule has 0 aliphatic carbocycles. The molecule has 2 atom stereocenters. The van der Waals surface area contributed by atoms with Crippen LogP contribution in [0.25, 0.3) is 5.57 Å². The summed E-state index contributed by atoms with van der Waals surface area (Å²) in [5.74, 6) is 0. The lowest BCUT2D eigenvalue weighted by atomic mass is 10.0. The molecule has 0 radical (unpaired) electrons. The summed E-state index contributed by atoms with van der Waals surface area (Å²) in [5, 5.41) is 10.8. The number of carbonyl (C=O) groups is 2. The van der Waals surface area contributed by atoms with Crippen molar-refractivity contribution in [3.63, 3.8) is 0 Å². The highest BCUT2D eigenvalue weighted by Gasteiger charge is 2.38. The molecule has 0 saturated carbocycles. The predicted octanol–water partition coefficient (Wildman–Crippen LogP) is 3.80. The van der Waals surface area contributed by atoms with E-state index in [2.05, 4.69) is 24.7 Å². The average Bonchev–Trinajstić information content (AvgIpc) is 3.36. The molecule has 0 aromatic heterocycles. The molecule has 1 unspecified atom stereocenters. The number of anilines is 2. The van der Waals surface area contributed by atoms with Gasteiger partial charge in [0.2, 0.25) is 0 Å². The topological polar surface area (TPSA) is 101 Å². The molecular weight excluding hydrogens is 460 g/mol. The van der Waals surface area contributed by atoms with Crippen molar-refractivity contribution < 1.29 is 19.1 Å². The number of benzene rings is 1. The molecule has 0 bridgehead atoms. The number of amides is 2. The number of piperidine rings is 1. The Kier molecular flexibility index (Phi) is 7.93. The van der Waals surface area contributed by atoms with Gasteiger partial charge in [-0.2, -0.15) is 5.26 Å². The Labute approximate surface area is 211 Å². The van der Waals surface area contributed by atoms with E-state index in [1.54, 1.807) is 17.0 Å². The number of hydrogen-bond donors (Lipinski definition) is 1. The van der Waals surface area contributed by atoms with E-state index >= 15 is 0 Å². The molecule has 190 valence electrons. The minimum absolute atomic E-state index is 0.174. The second-order valence-electron chi connectivity index (χ2n) is 8.98. The summed E-state index contributed by atoms with van der Waals surface area (Å²) in [6.45, 7) is 9.61. The van der Waals surface area contributed by atoms with E-state index in [0.717, 1.165) is 43.2 Å². The van der Waals surface area contributed by atoms with Crippen LogP contribution in [0.5, 0.6) is 0 Å². The summed E-state index contributed by atoms with van der Waals surface area (Å²) in [5.41, 5.74) is 6.13. The Balaban J connectivity index is 1.67. The Morgan fingerprint density at radius 1 is 1.25 bits per heavy atom. The number of likely N-dealkylation sites (tertiary alicyclic amines) is 1. The molecule has 1 saturated heterocycles. The number of carbonyl (C=O) groups excluding carboxylic acids is 2. The fraction of sp³-hybridized carbons (Fsp3) is 0.423. The molecule has 10 heteroatoms. The maximum absolute atomic E-state index is 13.5. The normalized spacial score (nSPS) is 22.1. The van der Waals surface area contributed by atoms with E-state index in [-0.39, 0.29) is 12.8 Å². The maximum Gasteiger partial charge on any atom is 0.419 e. The van der Waals surface area contributed by atoms with E-state index in [1.165, 1.54) is 4.90 Å². The SMILES string of the molecule is C=COC(=O)N1c2ccc(C3=CNN(CCC#N)C3)cc2N(C(=O)OC2CCCCN2C)C[C@@H]1C=C. The number of nitriles is 1. The van der Waals surface area contributed by atoms with Crippen molar-refractivity contribution in [1.82, 2.24) is 15.3 Å². The zero-order chi connectivity index (χ0) is 25.7. The lowest BCUT2D eigenvalue weighted by Crippen LogP contribution is -2.53. The number of hydrogen-bond acceptors (Lipinski definition) is 8. The van der Waals surface area contributed by atoms with Gasteiger partial charge in [-0.1, -0.05) is 18.7 Å². The summed E-state index contributed by atoms with van der Waals surface area (Å²) < 4.78 is 11.0. The number of hydrazine groups is 1. The van der Waals surface area contributed by atoms with Crippen LogP contribution in [0.3, 0.4) is 0 Å². The molecule has 1 aromatic carbocycles. The predicted molar refractivity (Wildman–Crippen MR) is 137 cm³/mol. The molecule has 0 spiro atoms. The van der Waals surface area contributed by atoms with Crippen LogP contribution in [-0.4, -0.2) is 67.6 Å². The minimum atomic E-state index is -0.603. The molecule has 1 fully saturated rings. The van der Waals surface area contributed by atoms with E-state index in [9.17, 15) is 9.59 Å². The maximum atomic E-state index is 13.5. The van der Waals surface area contributed by atoms with Crippen LogP contribution in [0.1, 0.15) is 31.2 Å². The van der Waals surface area contributed by atoms with Crippen molar-refractivity contribution in [3.05, 3.63) is 55.5 Å². The number of fused-ring (bicyclic) bond motifs is 1. The van der Waals surface area contributed by atoms with Crippen LogP contribution < -0.4 is 15.2 Å². The van der Waals surface area contributed by atoms with Crippen LogP contribution >= 0.6 is 0 Å². The standard InChI is InChI=1S/C26H32N6O4/c1-4-21-18-31(25(33)36-24-9-6-7-13-29(24)3)23-15-19(20-16-28-30(17-20)14-8-12-27)10-11-22(23)32(21)26(34)35-5-2/h4-5,10-11,15-16,21,24,28H,1-2,6-9,13-14,17-18H2,3H3/t21-,24?/m0/s1. The van der Waals surface area contributed by atoms with Gasteiger partial charge in [0.1, 0.15) is 0 Å². The van der Waals surface area contributed by atoms with Gasteiger partial charge in [-0.25, -0.2) is 14.6 Å². The summed E-state index contributed by atoms with van der Waals surface area (Å²) in [4.78, 5) is 31.4. The first-order chi connectivity index (χ1) is 17.5. The Hall–Kier alpha value is -3.81. The van der Waals surface area contributed by atoms with E-state index in [0.29, 0.717) is 30.9 Å². The van der Waals surface area contributed by atoms with Gasteiger partial charge in [0.15, 0.2) is 6.23 Å². The van der Waals surface area contributed by atoms with Crippen molar-refractivity contribution in [2.75, 3.05) is 43.0 Å². The second-order valence-corrected chi connectivity index (χ2v) is 8.98. The molecule has 1 aromatic rings. The Bertz CT molecular complexity index is 1100. The Morgan fingerprint density at radius 3 is 2.81 bits per heavy atom. The monoisotopic (exact) mass is 492 g/mol. The lowest BCUT2D eigenvalue weighted by Gasteiger charge is -2.41. The lowest BCUT2D eigenvalue weighted by molar-refractivity contribution is -0.0190. The Morgan fingerprint density at radius 2 is 2.08 bits per heavy atom. The van der Waals surface area contributed by atoms with Gasteiger partial charge in [0.25, 0.3) is 0 Å². The smallest absolute Gasteiger partial charge is 0.419 e. The second kappa shape index (κ2) is 11.3. The van der Waals surface area contributed by atoms with Gasteiger partial charge in [0.05, 0.1) is 36.3 Å². The number of ether oxygens (including phenoxy) is 2. The molecule has 1 N–H and O–H groups in total. The zero-order valence-electron chi connectivity index (χ0n) is 20.6. The van der Waals surface area contributed by atoms with Crippen LogP contribution in [-0.2, 0) is 9.47 Å². The van der Waals surface area contributed by atoms with Gasteiger partial charge >= 0.3 is 12.2 Å². The molecule has 4 rings (SSSR count). The molecule has 3 heterocycles. The third-order valence-corrected chi connectivity index (χ3v) is 6.69. The first kappa shape index (κ1) is 25.3. The van der Waals surface area contributed by atoms with Gasteiger partial charge in [-0.3, -0.25) is 14.7 Å². The molecule has 10 nitrogen and oxygen atoms in total. The van der Waals surface area contributed by atoms with E-state index in [4.69, 9.17) is 14.7 Å². The number of nitrogens with one attached hydrogen (secondary N) is 1. The summed E-state index contributed by atoms with van der Waals surface area (Å²) in [6.07, 6.45) is 6.50. The third kappa shape index (κ3) is 5.22. The van der Waals surface area contributed by atoms with Crippen LogP contribution in [0.2, 0.25) is 0 Å². The van der Waals surface area contributed by atoms with Crippen molar-refractivity contribution in [2.24, 2.45) is 0 Å². The first-order valence-corrected chi connectivity index (χ1v) is 12.1. The number of rotatable bonds is 6. The highest BCUT2D eigenvalue weighted by atomic mass is 16.6. The van der Waals surface area contributed by atoms with Crippen molar-refractivity contribution >= 4 is 29.1 Å². The van der Waals surface area contributed by atoms with Crippen LogP contribution in [0, 0.1) is 11.3 Å². The fourth-order valence-corrected chi connectivity index (χ4v) is 4.75. The van der Waals surface area contributed by atoms with Gasteiger partial charge in [-0.05, 0) is 49.6 Å². The zero-order valence-corrected chi connectivity index (χ0v) is 20.6. The van der Waals surface area contributed by atoms with Gasteiger partial charge < -0.3 is 14.9 Å². The van der Waals surface area contributed by atoms with Gasteiger partial charge in [0, 0.05) is 32.3 Å². The quantitative estimate of drug-likeness (QED) is 0.473. The number of nitrogens with zero attached hydrogens (tertiary/aromatic N) is 5. The largest absolute Gasteiger partial charge is 0.430 e. The molecule has 36 heavy (non-hydrogen) atoms. The van der Waals surface area contributed by atoms with Crippen molar-refractivity contribution in [2.45, 2.75) is 38.0 Å². The first-order valence-electron chi connectivity index (χ1n) is 12.1. The van der Waals surface area contributed by atoms with Gasteiger partial charge in [-0.15, -0.1) is 6.58 Å². The molecule has 3 aliphatic heterocycles. The molecular formula is C26H32N6O4. The van der Waals surface area contributed by atoms with Crippen molar-refractivity contribution in [3.8, 4) is 6.07 Å². The summed E-state index contributed by atoms with van der Waals surface area (Å²) >= 11 is 0. The average molecular weight is 493 g/mol. The van der Waals surface area contributed by atoms with Crippen molar-refractivity contribution in [1.29, 1.82) is 5.26 Å². The van der Waals surface area contributed by atoms with Crippen LogP contribution in [0.4, 0.5) is 21.0 Å². The third-order valence-electron chi connectivity index (χ3n) is 6.69. The van der Waals surface area contributed by atoms with E-state index in [1.807, 2.05) is 35.3 Å². The molecule has 3 aliphatic rings. The minimum Gasteiger partial charge on any atom is -0.430 e. The highest BCUT2D eigenvalue weighted by Crippen LogP contribution is 2.39. The molecule has 2 amide bonds. The van der Waals surface area contributed by atoms with E-state index < -0.39 is 18.2 Å². The summed E-state index contributed by atoms with van der Waals surface area (Å²) in [6, 6.07) is 7.22. The fourth-order valence-electron chi connectivity index (χ4n) is 4.75. The summed E-state index contributed by atoms with van der Waals surface area (Å²) in [7, 11) is 1.95. The highest BCUT2D eigenvalue weighted by molar-refractivity contribution is 6.02. The van der Waals surface area contributed by atoms with Crippen LogP contribution in [0.15, 0.2) is 49.9 Å².